The van der Waals surface area contributed by atoms with Crippen LogP contribution in [-0.2, 0) is 14.4 Å². The molecule has 0 bridgehead atoms. The molecule has 0 saturated heterocycles. The van der Waals surface area contributed by atoms with E-state index >= 15 is 0 Å². The van der Waals surface area contributed by atoms with Crippen molar-refractivity contribution in [3.8, 4) is 0 Å². The SMILES string of the molecule is CC(=O)SCC(=O)C(=[N+]=[N-])C(=O)O. The molecule has 0 fully saturated rings. The van der Waals surface area contributed by atoms with Gasteiger partial charge in [-0.15, -0.1) is 0 Å². The average molecular weight is 202 g/mol. The number of thioether (sulfide) groups is 1. The van der Waals surface area contributed by atoms with E-state index < -0.39 is 17.5 Å². The molecule has 0 spiro atoms. The first kappa shape index (κ1) is 11.5. The molecule has 0 unspecified atom stereocenters. The van der Waals surface area contributed by atoms with E-state index in [2.05, 4.69) is 4.79 Å². The van der Waals surface area contributed by atoms with Gasteiger partial charge in [0.15, 0.2) is 5.12 Å². The Kier molecular flexibility index (Phi) is 4.64. The van der Waals surface area contributed by atoms with Crippen LogP contribution in [0.4, 0.5) is 0 Å². The molecule has 70 valence electrons. The highest BCUT2D eigenvalue weighted by molar-refractivity contribution is 8.14. The molecule has 0 aliphatic carbocycles. The van der Waals surface area contributed by atoms with Gasteiger partial charge in [0.1, 0.15) is 0 Å². The van der Waals surface area contributed by atoms with Crippen molar-refractivity contribution in [3.63, 3.8) is 0 Å². The summed E-state index contributed by atoms with van der Waals surface area (Å²) in [5, 5.41) is 7.99. The number of aliphatic carboxylic acids is 1. The normalized spacial score (nSPS) is 8.69. The van der Waals surface area contributed by atoms with Gasteiger partial charge in [0.05, 0.1) is 5.75 Å². The largest absolute Gasteiger partial charge is 0.472 e. The van der Waals surface area contributed by atoms with Crippen molar-refractivity contribution in [1.82, 2.24) is 0 Å². The highest BCUT2D eigenvalue weighted by Gasteiger charge is 2.28. The van der Waals surface area contributed by atoms with E-state index in [0.29, 0.717) is 11.8 Å². The van der Waals surface area contributed by atoms with E-state index in [1.54, 1.807) is 0 Å². The Hall–Kier alpha value is -1.46. The van der Waals surface area contributed by atoms with Crippen molar-refractivity contribution in [2.75, 3.05) is 5.75 Å². The van der Waals surface area contributed by atoms with Crippen molar-refractivity contribution < 1.29 is 24.3 Å². The Labute approximate surface area is 77.5 Å². The van der Waals surface area contributed by atoms with Crippen LogP contribution in [0.2, 0.25) is 0 Å². The maximum absolute atomic E-state index is 10.9. The zero-order chi connectivity index (χ0) is 10.4. The number of rotatable bonds is 4. The third-order valence-corrected chi connectivity index (χ3v) is 1.79. The summed E-state index contributed by atoms with van der Waals surface area (Å²) in [4.78, 5) is 33.8. The first-order valence-corrected chi connectivity index (χ1v) is 4.09. The van der Waals surface area contributed by atoms with E-state index in [4.69, 9.17) is 10.6 Å². The van der Waals surface area contributed by atoms with Crippen molar-refractivity contribution in [1.29, 1.82) is 0 Å². The number of carboxylic acid groups (broad SMARTS) is 1. The highest BCUT2D eigenvalue weighted by atomic mass is 32.2. The third-order valence-electron chi connectivity index (χ3n) is 0.973. The molecule has 1 N–H and O–H groups in total. The minimum absolute atomic E-state index is 0.309. The van der Waals surface area contributed by atoms with Gasteiger partial charge in [-0.1, -0.05) is 11.8 Å². The molecule has 0 aromatic heterocycles. The molecule has 0 radical (unpaired) electrons. The van der Waals surface area contributed by atoms with Crippen LogP contribution in [0.15, 0.2) is 0 Å². The molecule has 0 aliphatic rings. The smallest absolute Gasteiger partial charge is 0.442 e. The Morgan fingerprint density at radius 1 is 1.46 bits per heavy atom. The fourth-order valence-corrected chi connectivity index (χ4v) is 0.924. The average Bonchev–Trinajstić information content (AvgIpc) is 2.01. The van der Waals surface area contributed by atoms with E-state index in [-0.39, 0.29) is 10.9 Å². The van der Waals surface area contributed by atoms with Crippen LogP contribution < -0.4 is 0 Å². The third kappa shape index (κ3) is 4.19. The predicted octanol–water partition coefficient (Wildman–Crippen LogP) is -0.409. The van der Waals surface area contributed by atoms with Crippen LogP contribution in [0.1, 0.15) is 6.92 Å². The summed E-state index contributed by atoms with van der Waals surface area (Å²) >= 11 is 0.657. The topological polar surface area (TPSA) is 108 Å². The van der Waals surface area contributed by atoms with E-state index in [0.717, 1.165) is 0 Å². The van der Waals surface area contributed by atoms with E-state index in [1.807, 2.05) is 0 Å². The summed E-state index contributed by atoms with van der Waals surface area (Å²) in [5.41, 5.74) is 7.16. The van der Waals surface area contributed by atoms with Crippen LogP contribution in [0, 0.1) is 0 Å². The maximum atomic E-state index is 10.9. The molecule has 7 heteroatoms. The zero-order valence-corrected chi connectivity index (χ0v) is 7.50. The van der Waals surface area contributed by atoms with Gasteiger partial charge in [-0.25, -0.2) is 4.79 Å². The molecule has 6 nitrogen and oxygen atoms in total. The second-order valence-electron chi connectivity index (χ2n) is 1.96. The number of carbonyl (C=O) groups is 3. The lowest BCUT2D eigenvalue weighted by molar-refractivity contribution is -0.136. The van der Waals surface area contributed by atoms with Crippen LogP contribution in [-0.4, -0.2) is 38.2 Å². The summed E-state index contributed by atoms with van der Waals surface area (Å²) in [7, 11) is 0. The molecule has 0 amide bonds. The number of carboxylic acids is 1. The molecule has 0 aliphatic heterocycles. The van der Waals surface area contributed by atoms with Gasteiger partial charge < -0.3 is 10.6 Å². The molecule has 13 heavy (non-hydrogen) atoms. The van der Waals surface area contributed by atoms with Gasteiger partial charge in [-0.05, 0) is 0 Å². The summed E-state index contributed by atoms with van der Waals surface area (Å²) in [6.07, 6.45) is 0. The number of hydrogen-bond donors (Lipinski definition) is 1. The monoisotopic (exact) mass is 202 g/mol. The Morgan fingerprint density at radius 2 is 2.00 bits per heavy atom. The number of Topliss-reactive ketones (excluding diaryl/α,β-unsaturated/α-hetero) is 1. The van der Waals surface area contributed by atoms with Crippen LogP contribution in [0.5, 0.6) is 0 Å². The van der Waals surface area contributed by atoms with E-state index in [1.165, 1.54) is 6.92 Å². The lowest BCUT2D eigenvalue weighted by Gasteiger charge is -1.89. The summed E-state index contributed by atoms with van der Waals surface area (Å²) in [5.74, 6) is -2.84. The van der Waals surface area contributed by atoms with Gasteiger partial charge in [-0.2, -0.15) is 4.79 Å². The van der Waals surface area contributed by atoms with Crippen LogP contribution in [0.25, 0.3) is 5.53 Å². The van der Waals surface area contributed by atoms with Crippen LogP contribution in [0.3, 0.4) is 0 Å². The Bertz CT molecular complexity index is 306. The highest BCUT2D eigenvalue weighted by Crippen LogP contribution is 2.00. The standard InChI is InChI=1S/C6H6N2O4S/c1-3(9)13-2-4(10)5(8-7)6(11)12/h2H2,1H3,(H,11,12). The van der Waals surface area contributed by atoms with Gasteiger partial charge >= 0.3 is 11.7 Å². The fraction of sp³-hybridized carbons (Fsp3) is 0.333. The summed E-state index contributed by atoms with van der Waals surface area (Å²) in [6.45, 7) is 1.24. The quantitative estimate of drug-likeness (QED) is 0.288. The van der Waals surface area contributed by atoms with Gasteiger partial charge in [0.2, 0.25) is 0 Å². The molecule has 0 aromatic rings. The Morgan fingerprint density at radius 3 is 2.31 bits per heavy atom. The summed E-state index contributed by atoms with van der Waals surface area (Å²) < 4.78 is 0. The Balaban J connectivity index is 4.34. The number of carbonyl (C=O) groups excluding carboxylic acids is 2. The molecule has 0 heterocycles. The lowest BCUT2D eigenvalue weighted by Crippen LogP contribution is -2.26. The minimum Gasteiger partial charge on any atom is -0.472 e. The fourth-order valence-electron chi connectivity index (χ4n) is 0.453. The van der Waals surface area contributed by atoms with Crippen molar-refractivity contribution in [3.05, 3.63) is 5.53 Å². The number of hydrogen-bond acceptors (Lipinski definition) is 4. The first-order valence-electron chi connectivity index (χ1n) is 3.11. The van der Waals surface area contributed by atoms with Gasteiger partial charge in [-0.3, -0.25) is 9.59 Å². The molecule has 0 saturated carbocycles. The molecule has 0 rings (SSSR count). The van der Waals surface area contributed by atoms with Crippen LogP contribution >= 0.6 is 11.8 Å². The zero-order valence-electron chi connectivity index (χ0n) is 6.68. The molecular formula is C6H6N2O4S. The maximum Gasteiger partial charge on any atom is 0.442 e. The van der Waals surface area contributed by atoms with Gasteiger partial charge in [0, 0.05) is 6.92 Å². The molecular weight excluding hydrogens is 196 g/mol. The van der Waals surface area contributed by atoms with Crippen molar-refractivity contribution >= 4 is 34.3 Å². The van der Waals surface area contributed by atoms with Gasteiger partial charge in [0.25, 0.3) is 5.78 Å². The second-order valence-corrected chi connectivity index (χ2v) is 3.11. The van der Waals surface area contributed by atoms with Crippen molar-refractivity contribution in [2.24, 2.45) is 0 Å². The second kappa shape index (κ2) is 5.23. The minimum atomic E-state index is -1.61. The first-order chi connectivity index (χ1) is 5.99. The lowest BCUT2D eigenvalue weighted by atomic mass is 10.3. The van der Waals surface area contributed by atoms with E-state index in [9.17, 15) is 14.4 Å². The molecule has 0 atom stereocenters. The van der Waals surface area contributed by atoms with Crippen molar-refractivity contribution in [2.45, 2.75) is 6.92 Å². The number of nitrogens with zero attached hydrogens (tertiary/aromatic N) is 2. The number of ketones is 1. The summed E-state index contributed by atoms with van der Waals surface area (Å²) in [6, 6.07) is 0. The predicted molar refractivity (Wildman–Crippen MR) is 44.4 cm³/mol. The molecule has 0 aromatic carbocycles.